The summed E-state index contributed by atoms with van der Waals surface area (Å²) in [6.07, 6.45) is 0.768. The molecule has 0 aliphatic carbocycles. The van der Waals surface area contributed by atoms with Gasteiger partial charge in [-0.05, 0) is 18.6 Å². The molecule has 2 N–H and O–H groups in total. The Bertz CT molecular complexity index is 371. The first-order valence-electron chi connectivity index (χ1n) is 4.78. The van der Waals surface area contributed by atoms with Gasteiger partial charge in [0.25, 0.3) is 0 Å². The average molecular weight is 245 g/mol. The van der Waals surface area contributed by atoms with Crippen molar-refractivity contribution in [2.24, 2.45) is 0 Å². The minimum absolute atomic E-state index is 0.113. The van der Waals surface area contributed by atoms with Gasteiger partial charge in [-0.1, -0.05) is 11.6 Å². The lowest BCUT2D eigenvalue weighted by Gasteiger charge is -2.08. The minimum Gasteiger partial charge on any atom is -0.478 e. The Hall–Kier alpha value is -1.33. The summed E-state index contributed by atoms with van der Waals surface area (Å²) in [5.41, 5.74) is 0.113. The molecule has 0 fully saturated rings. The molecule has 0 saturated heterocycles. The zero-order valence-electron chi connectivity index (χ0n) is 8.86. The first-order valence-corrected chi connectivity index (χ1v) is 5.15. The SMILES string of the molecule is COCCCNc1nc(Cl)ccc1C(=O)O. The predicted molar refractivity (Wildman–Crippen MR) is 61.2 cm³/mol. The Morgan fingerprint density at radius 3 is 3.00 bits per heavy atom. The Kier molecular flexibility index (Phi) is 5.01. The van der Waals surface area contributed by atoms with E-state index in [1.807, 2.05) is 0 Å². The molecular formula is C10H13ClN2O3. The summed E-state index contributed by atoms with van der Waals surface area (Å²) < 4.78 is 4.88. The van der Waals surface area contributed by atoms with E-state index in [4.69, 9.17) is 21.4 Å². The molecule has 1 heterocycles. The Labute approximate surface area is 98.4 Å². The van der Waals surface area contributed by atoms with Gasteiger partial charge in [-0.3, -0.25) is 0 Å². The Balaban J connectivity index is 2.68. The molecule has 16 heavy (non-hydrogen) atoms. The van der Waals surface area contributed by atoms with Gasteiger partial charge in [-0.15, -0.1) is 0 Å². The van der Waals surface area contributed by atoms with E-state index in [-0.39, 0.29) is 16.5 Å². The molecule has 5 nitrogen and oxygen atoms in total. The van der Waals surface area contributed by atoms with Gasteiger partial charge in [0.15, 0.2) is 0 Å². The second-order valence-electron chi connectivity index (χ2n) is 3.11. The average Bonchev–Trinajstić information content (AvgIpc) is 2.24. The second-order valence-corrected chi connectivity index (χ2v) is 3.50. The number of methoxy groups -OCH3 is 1. The van der Waals surface area contributed by atoms with Crippen molar-refractivity contribution >= 4 is 23.4 Å². The van der Waals surface area contributed by atoms with Gasteiger partial charge < -0.3 is 15.2 Å². The third-order valence-electron chi connectivity index (χ3n) is 1.91. The number of carboxylic acids is 1. The van der Waals surface area contributed by atoms with Crippen LogP contribution in [0.25, 0.3) is 0 Å². The number of aromatic nitrogens is 1. The molecule has 0 spiro atoms. The first-order chi connectivity index (χ1) is 7.65. The number of anilines is 1. The topological polar surface area (TPSA) is 71.5 Å². The molecule has 1 aromatic rings. The molecule has 0 aliphatic heterocycles. The zero-order chi connectivity index (χ0) is 12.0. The van der Waals surface area contributed by atoms with Gasteiger partial charge in [-0.25, -0.2) is 9.78 Å². The molecule has 6 heteroatoms. The number of ether oxygens (including phenoxy) is 1. The standard InChI is InChI=1S/C10H13ClN2O3/c1-16-6-2-5-12-9-7(10(14)15)3-4-8(11)13-9/h3-4H,2,5-6H2,1H3,(H,12,13)(H,14,15). The molecule has 0 amide bonds. The van der Waals surface area contributed by atoms with Gasteiger partial charge in [0.2, 0.25) is 0 Å². The van der Waals surface area contributed by atoms with Crippen molar-refractivity contribution in [1.29, 1.82) is 0 Å². The predicted octanol–water partition coefficient (Wildman–Crippen LogP) is 1.88. The summed E-state index contributed by atoms with van der Waals surface area (Å²) in [6, 6.07) is 2.88. The number of carbonyl (C=O) groups is 1. The summed E-state index contributed by atoms with van der Waals surface area (Å²) in [4.78, 5) is 14.8. The molecule has 88 valence electrons. The molecule has 0 aliphatic rings. The fourth-order valence-corrected chi connectivity index (χ4v) is 1.31. The van der Waals surface area contributed by atoms with E-state index in [9.17, 15) is 4.79 Å². The number of halogens is 1. The van der Waals surface area contributed by atoms with Gasteiger partial charge in [-0.2, -0.15) is 0 Å². The third kappa shape index (κ3) is 3.67. The van der Waals surface area contributed by atoms with E-state index in [1.54, 1.807) is 7.11 Å². The van der Waals surface area contributed by atoms with E-state index in [1.165, 1.54) is 12.1 Å². The number of pyridine rings is 1. The number of carboxylic acid groups (broad SMARTS) is 1. The maximum Gasteiger partial charge on any atom is 0.339 e. The van der Waals surface area contributed by atoms with Crippen LogP contribution in [0.1, 0.15) is 16.8 Å². The number of hydrogen-bond acceptors (Lipinski definition) is 4. The molecule has 0 unspecified atom stereocenters. The summed E-state index contributed by atoms with van der Waals surface area (Å²) >= 11 is 5.69. The van der Waals surface area contributed by atoms with Crippen LogP contribution in [-0.2, 0) is 4.74 Å². The van der Waals surface area contributed by atoms with Crippen LogP contribution in [0.4, 0.5) is 5.82 Å². The van der Waals surface area contributed by atoms with Crippen molar-refractivity contribution < 1.29 is 14.6 Å². The van der Waals surface area contributed by atoms with Crippen molar-refractivity contribution in [1.82, 2.24) is 4.98 Å². The van der Waals surface area contributed by atoms with Crippen LogP contribution in [0, 0.1) is 0 Å². The second kappa shape index (κ2) is 6.30. The number of nitrogens with one attached hydrogen (secondary N) is 1. The summed E-state index contributed by atoms with van der Waals surface area (Å²) in [5.74, 6) is -0.741. The quantitative estimate of drug-likeness (QED) is 0.591. The van der Waals surface area contributed by atoms with Gasteiger partial charge in [0.1, 0.15) is 16.5 Å². The molecule has 0 saturated carbocycles. The van der Waals surface area contributed by atoms with Crippen molar-refractivity contribution in [2.75, 3.05) is 25.6 Å². The molecule has 0 atom stereocenters. The number of hydrogen-bond donors (Lipinski definition) is 2. The lowest BCUT2D eigenvalue weighted by Crippen LogP contribution is -2.10. The fraction of sp³-hybridized carbons (Fsp3) is 0.400. The Morgan fingerprint density at radius 2 is 2.38 bits per heavy atom. The van der Waals surface area contributed by atoms with Crippen LogP contribution < -0.4 is 5.32 Å². The molecule has 0 bridgehead atoms. The molecule has 0 aromatic carbocycles. The van der Waals surface area contributed by atoms with Gasteiger partial charge in [0, 0.05) is 20.3 Å². The van der Waals surface area contributed by atoms with E-state index in [0.29, 0.717) is 13.2 Å². The minimum atomic E-state index is -1.03. The van der Waals surface area contributed by atoms with Crippen molar-refractivity contribution in [3.05, 3.63) is 22.8 Å². The van der Waals surface area contributed by atoms with Gasteiger partial charge in [0.05, 0.1) is 0 Å². The normalized spacial score (nSPS) is 10.1. The number of rotatable bonds is 6. The first kappa shape index (κ1) is 12.7. The molecule has 0 radical (unpaired) electrons. The van der Waals surface area contributed by atoms with Crippen molar-refractivity contribution in [3.8, 4) is 0 Å². The fourth-order valence-electron chi connectivity index (χ4n) is 1.17. The lowest BCUT2D eigenvalue weighted by atomic mass is 10.2. The van der Waals surface area contributed by atoms with E-state index in [0.717, 1.165) is 6.42 Å². The zero-order valence-corrected chi connectivity index (χ0v) is 9.62. The highest BCUT2D eigenvalue weighted by molar-refractivity contribution is 6.29. The van der Waals surface area contributed by atoms with Crippen molar-refractivity contribution in [2.45, 2.75) is 6.42 Å². The monoisotopic (exact) mass is 244 g/mol. The summed E-state index contributed by atoms with van der Waals surface area (Å²) in [5, 5.41) is 12.1. The molecule has 1 rings (SSSR count). The number of nitrogens with zero attached hydrogens (tertiary/aromatic N) is 1. The highest BCUT2D eigenvalue weighted by atomic mass is 35.5. The highest BCUT2D eigenvalue weighted by Crippen LogP contribution is 2.16. The van der Waals surface area contributed by atoms with E-state index >= 15 is 0 Å². The van der Waals surface area contributed by atoms with Crippen LogP contribution in [0.5, 0.6) is 0 Å². The van der Waals surface area contributed by atoms with Crippen molar-refractivity contribution in [3.63, 3.8) is 0 Å². The van der Waals surface area contributed by atoms with Crippen LogP contribution >= 0.6 is 11.6 Å². The Morgan fingerprint density at radius 1 is 1.62 bits per heavy atom. The lowest BCUT2D eigenvalue weighted by molar-refractivity contribution is 0.0697. The van der Waals surface area contributed by atoms with Crippen LogP contribution in [-0.4, -0.2) is 36.3 Å². The summed E-state index contributed by atoms with van der Waals surface area (Å²) in [6.45, 7) is 1.19. The van der Waals surface area contributed by atoms with E-state index < -0.39 is 5.97 Å². The maximum atomic E-state index is 10.9. The van der Waals surface area contributed by atoms with Crippen LogP contribution in [0.2, 0.25) is 5.15 Å². The molecular weight excluding hydrogens is 232 g/mol. The van der Waals surface area contributed by atoms with Crippen LogP contribution in [0.15, 0.2) is 12.1 Å². The highest BCUT2D eigenvalue weighted by Gasteiger charge is 2.11. The third-order valence-corrected chi connectivity index (χ3v) is 2.12. The summed E-state index contributed by atoms with van der Waals surface area (Å²) in [7, 11) is 1.61. The maximum absolute atomic E-state index is 10.9. The number of aromatic carboxylic acids is 1. The molecule has 1 aromatic heterocycles. The van der Waals surface area contributed by atoms with E-state index in [2.05, 4.69) is 10.3 Å². The van der Waals surface area contributed by atoms with Crippen LogP contribution in [0.3, 0.4) is 0 Å². The smallest absolute Gasteiger partial charge is 0.339 e. The largest absolute Gasteiger partial charge is 0.478 e. The van der Waals surface area contributed by atoms with Gasteiger partial charge >= 0.3 is 5.97 Å².